The van der Waals surface area contributed by atoms with Gasteiger partial charge in [0.25, 0.3) is 0 Å². The number of hydrogen-bond acceptors (Lipinski definition) is 6. The molecule has 0 radical (unpaired) electrons. The van der Waals surface area contributed by atoms with Gasteiger partial charge < -0.3 is 14.8 Å². The molecule has 0 aromatic heterocycles. The molecule has 0 atom stereocenters. The second-order valence-electron chi connectivity index (χ2n) is 6.54. The number of ether oxygens (including phenoxy) is 2. The van der Waals surface area contributed by atoms with E-state index < -0.39 is 17.8 Å². The van der Waals surface area contributed by atoms with E-state index in [1.165, 1.54) is 6.21 Å². The molecular formula is C24H20ClN3O5. The summed E-state index contributed by atoms with van der Waals surface area (Å²) in [6.07, 6.45) is 1.27. The van der Waals surface area contributed by atoms with Gasteiger partial charge in [0, 0.05) is 16.3 Å². The number of halogens is 1. The average Bonchev–Trinajstić information content (AvgIpc) is 2.82. The Labute approximate surface area is 195 Å². The highest BCUT2D eigenvalue weighted by atomic mass is 35.5. The highest BCUT2D eigenvalue weighted by molar-refractivity contribution is 6.39. The molecule has 3 aromatic carbocycles. The molecule has 3 rings (SSSR count). The molecule has 33 heavy (non-hydrogen) atoms. The largest absolute Gasteiger partial charge is 0.494 e. The number of nitrogens with zero attached hydrogens (tertiary/aromatic N) is 1. The molecule has 9 heteroatoms. The first-order valence-electron chi connectivity index (χ1n) is 9.90. The number of para-hydroxylation sites is 1. The molecule has 0 spiro atoms. The molecular weight excluding hydrogens is 446 g/mol. The van der Waals surface area contributed by atoms with Crippen molar-refractivity contribution in [1.82, 2.24) is 5.43 Å². The maximum absolute atomic E-state index is 12.3. The van der Waals surface area contributed by atoms with Gasteiger partial charge in [-0.2, -0.15) is 5.10 Å². The molecule has 0 aliphatic rings. The van der Waals surface area contributed by atoms with Crippen LogP contribution in [-0.4, -0.2) is 30.6 Å². The molecule has 8 nitrogen and oxygen atoms in total. The van der Waals surface area contributed by atoms with Crippen molar-refractivity contribution in [2.45, 2.75) is 6.92 Å². The van der Waals surface area contributed by atoms with Crippen molar-refractivity contribution in [1.29, 1.82) is 0 Å². The number of benzene rings is 3. The summed E-state index contributed by atoms with van der Waals surface area (Å²) in [5.41, 5.74) is 3.32. The van der Waals surface area contributed by atoms with Crippen molar-refractivity contribution in [2.75, 3.05) is 11.9 Å². The van der Waals surface area contributed by atoms with Gasteiger partial charge in [-0.3, -0.25) is 9.59 Å². The summed E-state index contributed by atoms with van der Waals surface area (Å²) in [5, 5.41) is 6.74. The minimum absolute atomic E-state index is 0.231. The smallest absolute Gasteiger partial charge is 0.343 e. The Morgan fingerprint density at radius 1 is 0.939 bits per heavy atom. The van der Waals surface area contributed by atoms with Crippen LogP contribution in [0.1, 0.15) is 22.8 Å². The number of esters is 1. The van der Waals surface area contributed by atoms with E-state index >= 15 is 0 Å². The monoisotopic (exact) mass is 465 g/mol. The van der Waals surface area contributed by atoms with E-state index in [0.717, 1.165) is 0 Å². The first-order chi connectivity index (χ1) is 16.0. The SMILES string of the molecule is CCOc1ccc(NC(=O)C(=O)NN=Cc2ccccc2OC(=O)c2ccc(Cl)cc2)cc1. The molecule has 0 aliphatic heterocycles. The van der Waals surface area contributed by atoms with Crippen LogP contribution in [0.4, 0.5) is 5.69 Å². The summed E-state index contributed by atoms with van der Waals surface area (Å²) in [6, 6.07) is 19.5. The molecule has 3 aromatic rings. The van der Waals surface area contributed by atoms with Crippen LogP contribution in [0.2, 0.25) is 5.02 Å². The number of nitrogens with one attached hydrogen (secondary N) is 2. The number of carbonyl (C=O) groups is 3. The Bertz CT molecular complexity index is 1160. The number of rotatable bonds is 7. The summed E-state index contributed by atoms with van der Waals surface area (Å²) in [5.74, 6) is -1.55. The highest BCUT2D eigenvalue weighted by Gasteiger charge is 2.14. The van der Waals surface area contributed by atoms with E-state index in [4.69, 9.17) is 21.1 Å². The lowest BCUT2D eigenvalue weighted by Gasteiger charge is -2.08. The van der Waals surface area contributed by atoms with Gasteiger partial charge in [-0.15, -0.1) is 0 Å². The maximum Gasteiger partial charge on any atom is 0.343 e. The van der Waals surface area contributed by atoms with Gasteiger partial charge in [0.15, 0.2) is 0 Å². The van der Waals surface area contributed by atoms with Crippen LogP contribution >= 0.6 is 11.6 Å². The summed E-state index contributed by atoms with van der Waals surface area (Å²) in [4.78, 5) is 36.4. The average molecular weight is 466 g/mol. The van der Waals surface area contributed by atoms with Crippen LogP contribution in [-0.2, 0) is 9.59 Å². The number of hydrazone groups is 1. The first kappa shape index (κ1) is 23.5. The van der Waals surface area contributed by atoms with Gasteiger partial charge in [-0.1, -0.05) is 23.7 Å². The molecule has 0 saturated carbocycles. The van der Waals surface area contributed by atoms with Gasteiger partial charge >= 0.3 is 17.8 Å². The molecule has 0 saturated heterocycles. The topological polar surface area (TPSA) is 106 Å². The predicted molar refractivity (Wildman–Crippen MR) is 125 cm³/mol. The highest BCUT2D eigenvalue weighted by Crippen LogP contribution is 2.19. The van der Waals surface area contributed by atoms with Crippen molar-refractivity contribution in [2.24, 2.45) is 5.10 Å². The third kappa shape index (κ3) is 6.91. The zero-order valence-electron chi connectivity index (χ0n) is 17.6. The zero-order valence-corrected chi connectivity index (χ0v) is 18.3. The van der Waals surface area contributed by atoms with E-state index in [-0.39, 0.29) is 5.75 Å². The Hall–Kier alpha value is -4.17. The fourth-order valence-electron chi connectivity index (χ4n) is 2.63. The molecule has 0 unspecified atom stereocenters. The van der Waals surface area contributed by atoms with E-state index in [9.17, 15) is 14.4 Å². The van der Waals surface area contributed by atoms with E-state index in [0.29, 0.717) is 34.2 Å². The van der Waals surface area contributed by atoms with Crippen molar-refractivity contribution >= 4 is 41.3 Å². The lowest BCUT2D eigenvalue weighted by atomic mass is 10.2. The van der Waals surface area contributed by atoms with Crippen LogP contribution in [0.3, 0.4) is 0 Å². The molecule has 0 aliphatic carbocycles. The van der Waals surface area contributed by atoms with Crippen LogP contribution in [0.5, 0.6) is 11.5 Å². The lowest BCUT2D eigenvalue weighted by Crippen LogP contribution is -2.32. The minimum Gasteiger partial charge on any atom is -0.494 e. The quantitative estimate of drug-likeness (QED) is 0.180. The van der Waals surface area contributed by atoms with Gasteiger partial charge in [-0.25, -0.2) is 10.2 Å². The van der Waals surface area contributed by atoms with Gasteiger partial charge in [0.05, 0.1) is 18.4 Å². The van der Waals surface area contributed by atoms with Gasteiger partial charge in [0.2, 0.25) is 0 Å². The van der Waals surface area contributed by atoms with Crippen LogP contribution in [0.15, 0.2) is 77.9 Å². The Morgan fingerprint density at radius 3 is 2.33 bits per heavy atom. The van der Waals surface area contributed by atoms with Crippen LogP contribution in [0.25, 0.3) is 0 Å². The number of amides is 2. The normalized spacial score (nSPS) is 10.5. The molecule has 168 valence electrons. The third-order valence-corrected chi connectivity index (χ3v) is 4.45. The van der Waals surface area contributed by atoms with Crippen molar-refractivity contribution < 1.29 is 23.9 Å². The minimum atomic E-state index is -0.962. The number of anilines is 1. The van der Waals surface area contributed by atoms with Gasteiger partial charge in [-0.05, 0) is 67.6 Å². The molecule has 2 N–H and O–H groups in total. The lowest BCUT2D eigenvalue weighted by molar-refractivity contribution is -0.136. The second kappa shape index (κ2) is 11.4. The summed E-state index contributed by atoms with van der Waals surface area (Å²) < 4.78 is 10.7. The predicted octanol–water partition coefficient (Wildman–Crippen LogP) is 4.05. The number of hydrogen-bond donors (Lipinski definition) is 2. The fraction of sp³-hybridized carbons (Fsp3) is 0.0833. The Balaban J connectivity index is 1.58. The molecule has 0 bridgehead atoms. The number of carbonyl (C=O) groups excluding carboxylic acids is 3. The fourth-order valence-corrected chi connectivity index (χ4v) is 2.75. The Morgan fingerprint density at radius 2 is 1.64 bits per heavy atom. The molecule has 0 fully saturated rings. The molecule has 2 amide bonds. The standard InChI is InChI=1S/C24H20ClN3O5/c1-2-32-20-13-11-19(12-14-20)27-22(29)23(30)28-26-15-17-5-3-4-6-21(17)33-24(31)16-7-9-18(25)10-8-16/h3-15H,2H2,1H3,(H,27,29)(H,28,30). The maximum atomic E-state index is 12.3. The zero-order chi connectivity index (χ0) is 23.6. The van der Waals surface area contributed by atoms with Crippen LogP contribution < -0.4 is 20.2 Å². The van der Waals surface area contributed by atoms with E-state index in [2.05, 4.69) is 15.8 Å². The summed E-state index contributed by atoms with van der Waals surface area (Å²) in [6.45, 7) is 2.39. The Kier molecular flexibility index (Phi) is 8.15. The summed E-state index contributed by atoms with van der Waals surface area (Å²) in [7, 11) is 0. The van der Waals surface area contributed by atoms with Crippen LogP contribution in [0, 0.1) is 0 Å². The van der Waals surface area contributed by atoms with Crippen molar-refractivity contribution in [3.8, 4) is 11.5 Å². The summed E-state index contributed by atoms with van der Waals surface area (Å²) >= 11 is 5.83. The first-order valence-corrected chi connectivity index (χ1v) is 10.3. The van der Waals surface area contributed by atoms with Crippen molar-refractivity contribution in [3.05, 3.63) is 88.9 Å². The molecule has 0 heterocycles. The van der Waals surface area contributed by atoms with E-state index in [1.54, 1.807) is 72.8 Å². The third-order valence-electron chi connectivity index (χ3n) is 4.20. The van der Waals surface area contributed by atoms with Gasteiger partial charge in [0.1, 0.15) is 11.5 Å². The second-order valence-corrected chi connectivity index (χ2v) is 6.98. The van der Waals surface area contributed by atoms with Crippen molar-refractivity contribution in [3.63, 3.8) is 0 Å². The van der Waals surface area contributed by atoms with E-state index in [1.807, 2.05) is 6.92 Å².